The van der Waals surface area contributed by atoms with Crippen LogP contribution in [-0.4, -0.2) is 29.2 Å². The molecule has 9 heteroatoms. The van der Waals surface area contributed by atoms with Crippen LogP contribution in [-0.2, 0) is 4.74 Å². The zero-order chi connectivity index (χ0) is 23.4. The van der Waals surface area contributed by atoms with E-state index in [9.17, 15) is 24.5 Å². The van der Waals surface area contributed by atoms with Crippen molar-refractivity contribution in [2.75, 3.05) is 11.9 Å². The van der Waals surface area contributed by atoms with E-state index in [2.05, 4.69) is 5.32 Å². The van der Waals surface area contributed by atoms with Crippen molar-refractivity contribution in [2.24, 2.45) is 0 Å². The highest BCUT2D eigenvalue weighted by atomic mass is 32.1. The van der Waals surface area contributed by atoms with Gasteiger partial charge < -0.3 is 10.1 Å². The number of amides is 1. The highest BCUT2D eigenvalue weighted by Crippen LogP contribution is 2.29. The number of esters is 1. The van der Waals surface area contributed by atoms with Gasteiger partial charge in [-0.15, -0.1) is 11.3 Å². The van der Waals surface area contributed by atoms with Crippen molar-refractivity contribution in [3.05, 3.63) is 105 Å². The number of carbonyl (C=O) groups is 3. The molecule has 0 bridgehead atoms. The van der Waals surface area contributed by atoms with Gasteiger partial charge in [-0.2, -0.15) is 0 Å². The Balaban J connectivity index is 1.35. The minimum atomic E-state index is -0.682. The molecule has 0 saturated carbocycles. The zero-order valence-electron chi connectivity index (χ0n) is 17.0. The zero-order valence-corrected chi connectivity index (χ0v) is 17.8. The molecule has 164 valence electrons. The lowest BCUT2D eigenvalue weighted by atomic mass is 10.1. The summed E-state index contributed by atoms with van der Waals surface area (Å²) in [6.45, 7) is -0.455. The number of non-ortho nitro benzene ring substituents is 1. The molecule has 0 saturated heterocycles. The standard InChI is InChI=1S/C24H16N2O6S/c27-20(15-6-8-18(9-7-15)25-23(28)16-4-2-1-3-5-16)14-32-24(29)22-13-17-12-19(26(30)31)10-11-21(17)33-22/h1-13H,14H2,(H,25,28). The van der Waals surface area contributed by atoms with E-state index in [-0.39, 0.29) is 16.5 Å². The Kier molecular flexibility index (Phi) is 6.23. The smallest absolute Gasteiger partial charge is 0.348 e. The number of ketones is 1. The van der Waals surface area contributed by atoms with Crippen molar-refractivity contribution >= 4 is 50.5 Å². The second-order valence-electron chi connectivity index (χ2n) is 6.99. The van der Waals surface area contributed by atoms with Gasteiger partial charge >= 0.3 is 5.97 Å². The Morgan fingerprint density at radius 3 is 2.33 bits per heavy atom. The first-order valence-corrected chi connectivity index (χ1v) is 10.6. The molecule has 1 N–H and O–H groups in total. The van der Waals surface area contributed by atoms with Crippen molar-refractivity contribution in [2.45, 2.75) is 0 Å². The lowest BCUT2D eigenvalue weighted by Crippen LogP contribution is -2.14. The normalized spacial score (nSPS) is 10.5. The maximum absolute atomic E-state index is 12.4. The Labute approximate surface area is 191 Å². The number of carbonyl (C=O) groups excluding carboxylic acids is 3. The molecule has 3 aromatic carbocycles. The van der Waals surface area contributed by atoms with Crippen LogP contribution in [0.4, 0.5) is 11.4 Å². The van der Waals surface area contributed by atoms with E-state index in [1.165, 1.54) is 30.3 Å². The summed E-state index contributed by atoms with van der Waals surface area (Å²) in [5, 5.41) is 14.2. The molecule has 1 amide bonds. The van der Waals surface area contributed by atoms with E-state index in [1.807, 2.05) is 6.07 Å². The highest BCUT2D eigenvalue weighted by molar-refractivity contribution is 7.20. The lowest BCUT2D eigenvalue weighted by Gasteiger charge is -2.07. The average Bonchev–Trinajstić information content (AvgIpc) is 3.27. The molecule has 0 unspecified atom stereocenters. The maximum atomic E-state index is 12.4. The third-order valence-corrected chi connectivity index (χ3v) is 5.84. The van der Waals surface area contributed by atoms with Gasteiger partial charge in [0.25, 0.3) is 11.6 Å². The second kappa shape index (κ2) is 9.41. The first kappa shape index (κ1) is 21.8. The highest BCUT2D eigenvalue weighted by Gasteiger charge is 2.16. The van der Waals surface area contributed by atoms with Gasteiger partial charge in [0.05, 0.1) is 4.92 Å². The molecule has 33 heavy (non-hydrogen) atoms. The number of anilines is 1. The van der Waals surface area contributed by atoms with Crippen LogP contribution >= 0.6 is 11.3 Å². The number of fused-ring (bicyclic) bond motifs is 1. The van der Waals surface area contributed by atoms with Crippen molar-refractivity contribution < 1.29 is 24.0 Å². The summed E-state index contributed by atoms with van der Waals surface area (Å²) in [7, 11) is 0. The van der Waals surface area contributed by atoms with Crippen LogP contribution in [0.5, 0.6) is 0 Å². The summed E-state index contributed by atoms with van der Waals surface area (Å²) in [6, 6.07) is 20.8. The number of nitrogens with one attached hydrogen (secondary N) is 1. The predicted molar refractivity (Wildman–Crippen MR) is 124 cm³/mol. The third kappa shape index (κ3) is 5.10. The summed E-state index contributed by atoms with van der Waals surface area (Å²) in [6.07, 6.45) is 0. The van der Waals surface area contributed by atoms with Crippen LogP contribution in [0, 0.1) is 10.1 Å². The SMILES string of the molecule is O=C(COC(=O)c1cc2cc([N+](=O)[O-])ccc2s1)c1ccc(NC(=O)c2ccccc2)cc1. The van der Waals surface area contributed by atoms with Gasteiger partial charge in [-0.05, 0) is 48.5 Å². The Hall–Kier alpha value is -4.37. The number of benzene rings is 3. The maximum Gasteiger partial charge on any atom is 0.348 e. The molecule has 1 aromatic heterocycles. The summed E-state index contributed by atoms with van der Waals surface area (Å²) < 4.78 is 5.82. The molecule has 0 radical (unpaired) electrons. The van der Waals surface area contributed by atoms with Crippen molar-refractivity contribution in [3.8, 4) is 0 Å². The number of nitro groups is 1. The van der Waals surface area contributed by atoms with Crippen LogP contribution < -0.4 is 5.32 Å². The van der Waals surface area contributed by atoms with E-state index in [0.29, 0.717) is 26.9 Å². The van der Waals surface area contributed by atoms with Gasteiger partial charge in [-0.25, -0.2) is 4.79 Å². The number of Topliss-reactive ketones (excluding diaryl/α,β-unsaturated/α-hetero) is 1. The predicted octanol–water partition coefficient (Wildman–Crippen LogP) is 5.10. The van der Waals surface area contributed by atoms with Crippen molar-refractivity contribution in [1.82, 2.24) is 0 Å². The van der Waals surface area contributed by atoms with Crippen LogP contribution in [0.25, 0.3) is 10.1 Å². The first-order valence-electron chi connectivity index (χ1n) is 9.75. The van der Waals surface area contributed by atoms with Crippen LogP contribution in [0.2, 0.25) is 0 Å². The third-order valence-electron chi connectivity index (χ3n) is 4.75. The van der Waals surface area contributed by atoms with Crippen LogP contribution in [0.15, 0.2) is 78.9 Å². The van der Waals surface area contributed by atoms with E-state index >= 15 is 0 Å². The van der Waals surface area contributed by atoms with E-state index in [4.69, 9.17) is 4.74 Å². The van der Waals surface area contributed by atoms with Crippen LogP contribution in [0.3, 0.4) is 0 Å². The number of hydrogen-bond donors (Lipinski definition) is 1. The van der Waals surface area contributed by atoms with E-state index in [1.54, 1.807) is 42.5 Å². The number of thiophene rings is 1. The number of rotatable bonds is 7. The summed E-state index contributed by atoms with van der Waals surface area (Å²) in [4.78, 5) is 47.6. The Morgan fingerprint density at radius 2 is 1.64 bits per heavy atom. The fraction of sp³-hybridized carbons (Fsp3) is 0.0417. The molecule has 0 aliphatic rings. The number of nitrogens with zero attached hydrogens (tertiary/aromatic N) is 1. The number of hydrogen-bond acceptors (Lipinski definition) is 7. The van der Waals surface area contributed by atoms with E-state index in [0.717, 1.165) is 11.3 Å². The van der Waals surface area contributed by atoms with Gasteiger partial charge in [0, 0.05) is 39.0 Å². The number of nitro benzene ring substituents is 1. The average molecular weight is 460 g/mol. The second-order valence-corrected chi connectivity index (χ2v) is 8.07. The van der Waals surface area contributed by atoms with Crippen LogP contribution in [0.1, 0.15) is 30.4 Å². The first-order chi connectivity index (χ1) is 15.9. The quantitative estimate of drug-likeness (QED) is 0.177. The minimum Gasteiger partial charge on any atom is -0.453 e. The van der Waals surface area contributed by atoms with Crippen molar-refractivity contribution in [1.29, 1.82) is 0 Å². The van der Waals surface area contributed by atoms with Gasteiger partial charge in [0.2, 0.25) is 0 Å². The Bertz CT molecular complexity index is 1360. The fourth-order valence-electron chi connectivity index (χ4n) is 3.06. The monoisotopic (exact) mass is 460 g/mol. The van der Waals surface area contributed by atoms with Gasteiger partial charge in [0.1, 0.15) is 4.88 Å². The molecule has 0 aliphatic heterocycles. The molecule has 8 nitrogen and oxygen atoms in total. The topological polar surface area (TPSA) is 116 Å². The van der Waals surface area contributed by atoms with Gasteiger partial charge in [-0.3, -0.25) is 19.7 Å². The van der Waals surface area contributed by atoms with Crippen molar-refractivity contribution in [3.63, 3.8) is 0 Å². The van der Waals surface area contributed by atoms with E-state index < -0.39 is 23.3 Å². The molecule has 1 heterocycles. The molecule has 0 atom stereocenters. The molecular formula is C24H16N2O6S. The van der Waals surface area contributed by atoms with Gasteiger partial charge in [0.15, 0.2) is 12.4 Å². The molecule has 4 aromatic rings. The summed E-state index contributed by atoms with van der Waals surface area (Å²) in [5.74, 6) is -1.35. The summed E-state index contributed by atoms with van der Waals surface area (Å²) >= 11 is 1.13. The number of ether oxygens (including phenoxy) is 1. The largest absolute Gasteiger partial charge is 0.453 e. The Morgan fingerprint density at radius 1 is 0.909 bits per heavy atom. The fourth-order valence-corrected chi connectivity index (χ4v) is 4.00. The summed E-state index contributed by atoms with van der Waals surface area (Å²) in [5.41, 5.74) is 1.29. The molecule has 0 aliphatic carbocycles. The lowest BCUT2D eigenvalue weighted by molar-refractivity contribution is -0.384. The van der Waals surface area contributed by atoms with Gasteiger partial charge in [-0.1, -0.05) is 18.2 Å². The molecule has 4 rings (SSSR count). The molecular weight excluding hydrogens is 444 g/mol. The molecule has 0 fully saturated rings. The minimum absolute atomic E-state index is 0.0706. The molecule has 0 spiro atoms.